The van der Waals surface area contributed by atoms with Crippen LogP contribution in [0.3, 0.4) is 0 Å². The maximum absolute atomic E-state index is 12.4. The van der Waals surface area contributed by atoms with Crippen molar-refractivity contribution in [1.29, 1.82) is 0 Å². The number of rotatable bonds is 5. The highest BCUT2D eigenvalue weighted by atomic mass is 16.7. The fourth-order valence-corrected chi connectivity index (χ4v) is 14.2. The monoisotopic (exact) mass is 659 g/mol. The van der Waals surface area contributed by atoms with E-state index >= 15 is 0 Å². The molecule has 8 aliphatic rings. The number of fused-ring (bicyclic) bond motifs is 4. The Morgan fingerprint density at radius 1 is 1.00 bits per heavy atom. The molecule has 8 rings (SSSR count). The van der Waals surface area contributed by atoms with Crippen molar-refractivity contribution in [2.24, 2.45) is 50.7 Å². The van der Waals surface area contributed by atoms with Gasteiger partial charge in [0.1, 0.15) is 12.1 Å². The first-order valence-electron chi connectivity index (χ1n) is 18.9. The van der Waals surface area contributed by atoms with E-state index in [0.717, 1.165) is 45.1 Å². The summed E-state index contributed by atoms with van der Waals surface area (Å²) < 4.78 is 24.9. The number of carbonyl (C=O) groups excluding carboxylic acids is 1. The van der Waals surface area contributed by atoms with Gasteiger partial charge in [0, 0.05) is 18.4 Å². The molecule has 9 nitrogen and oxygen atoms in total. The Labute approximate surface area is 281 Å². The molecule has 15 atom stereocenters. The molecule has 2 spiro atoms. The van der Waals surface area contributed by atoms with E-state index < -0.39 is 23.9 Å². The quantitative estimate of drug-likeness (QED) is 0.372. The third-order valence-corrected chi connectivity index (χ3v) is 16.6. The standard InChI is InChI=1S/C38H61NO8/c1-21-18-23(30(40)34(4,5)43)46-29-28(21)35(6)13-14-38-20-37(38)12-10-26(33(2,3)24(37)8-9-25(38)36(35,7)31(29)41)47-27-19-39(15-17-44-27)22-11-16-45-32(22)42/h21-31,40-41,43H,8-20H2,1-7H3/t21-,22+,23?,24?,25+,26+,27?,28?,29?,30+,31+,35-,36?,37-,38?/m1/s1. The number of nitrogens with zero attached hydrogens (tertiary/aromatic N) is 1. The Kier molecular flexibility index (Phi) is 7.53. The summed E-state index contributed by atoms with van der Waals surface area (Å²) in [5, 5.41) is 34.1. The number of ether oxygens (including phenoxy) is 4. The Morgan fingerprint density at radius 2 is 1.72 bits per heavy atom. The zero-order valence-corrected chi connectivity index (χ0v) is 29.9. The lowest BCUT2D eigenvalue weighted by Crippen LogP contribution is -2.60. The van der Waals surface area contributed by atoms with E-state index in [2.05, 4.69) is 39.5 Å². The third kappa shape index (κ3) is 4.35. The summed E-state index contributed by atoms with van der Waals surface area (Å²) in [4.78, 5) is 14.5. The van der Waals surface area contributed by atoms with Crippen LogP contribution in [0, 0.1) is 50.7 Å². The van der Waals surface area contributed by atoms with Crippen LogP contribution in [0.2, 0.25) is 0 Å². The highest BCUT2D eigenvalue weighted by molar-refractivity contribution is 5.77. The minimum absolute atomic E-state index is 0.00728. The smallest absolute Gasteiger partial charge is 0.323 e. The molecule has 0 radical (unpaired) electrons. The van der Waals surface area contributed by atoms with E-state index in [1.807, 2.05) is 0 Å². The van der Waals surface area contributed by atoms with Crippen LogP contribution in [-0.2, 0) is 23.7 Å². The van der Waals surface area contributed by atoms with Crippen molar-refractivity contribution >= 4 is 5.97 Å². The number of cyclic esters (lactones) is 1. The van der Waals surface area contributed by atoms with E-state index in [1.54, 1.807) is 13.8 Å². The number of morpholine rings is 1. The van der Waals surface area contributed by atoms with Crippen LogP contribution in [0.25, 0.3) is 0 Å². The lowest BCUT2D eigenvalue weighted by molar-refractivity contribution is -0.250. The largest absolute Gasteiger partial charge is 0.464 e. The zero-order valence-electron chi connectivity index (χ0n) is 29.9. The second-order valence-corrected chi connectivity index (χ2v) is 19.0. The van der Waals surface area contributed by atoms with E-state index in [9.17, 15) is 20.1 Å². The van der Waals surface area contributed by atoms with E-state index in [1.165, 1.54) is 12.8 Å². The first kappa shape index (κ1) is 33.3. The average Bonchev–Trinajstić information content (AvgIpc) is 3.41. The van der Waals surface area contributed by atoms with Crippen molar-refractivity contribution in [1.82, 2.24) is 4.90 Å². The predicted molar refractivity (Wildman–Crippen MR) is 174 cm³/mol. The lowest BCUT2D eigenvalue weighted by atomic mass is 9.41. The fourth-order valence-electron chi connectivity index (χ4n) is 14.2. The van der Waals surface area contributed by atoms with Gasteiger partial charge in [-0.2, -0.15) is 0 Å². The molecule has 5 saturated carbocycles. The first-order chi connectivity index (χ1) is 22.0. The van der Waals surface area contributed by atoms with Crippen LogP contribution in [-0.4, -0.2) is 101 Å². The predicted octanol–water partition coefficient (Wildman–Crippen LogP) is 4.29. The molecule has 8 fully saturated rings. The molecule has 0 aromatic heterocycles. The maximum Gasteiger partial charge on any atom is 0.323 e. The zero-order chi connectivity index (χ0) is 33.5. The van der Waals surface area contributed by atoms with E-state index in [-0.39, 0.29) is 63.5 Å². The lowest BCUT2D eigenvalue weighted by Gasteiger charge is -2.64. The minimum Gasteiger partial charge on any atom is -0.464 e. The summed E-state index contributed by atoms with van der Waals surface area (Å²) in [5.74, 6) is 1.41. The van der Waals surface area contributed by atoms with Crippen molar-refractivity contribution < 1.29 is 39.1 Å². The molecule has 3 N–H and O–H groups in total. The highest BCUT2D eigenvalue weighted by Crippen LogP contribution is 2.89. The fraction of sp³-hybridized carbons (Fsp3) is 0.974. The molecule has 3 heterocycles. The molecule has 9 heteroatoms. The molecule has 5 aliphatic carbocycles. The summed E-state index contributed by atoms with van der Waals surface area (Å²) in [7, 11) is 0. The van der Waals surface area contributed by atoms with Crippen molar-refractivity contribution in [3.8, 4) is 0 Å². The van der Waals surface area contributed by atoms with Gasteiger partial charge in [-0.1, -0.05) is 34.6 Å². The minimum atomic E-state index is -1.26. The molecular formula is C38H61NO8. The third-order valence-electron chi connectivity index (χ3n) is 16.6. The van der Waals surface area contributed by atoms with Crippen LogP contribution in [0.5, 0.6) is 0 Å². The topological polar surface area (TPSA) is 118 Å². The molecule has 0 aromatic rings. The van der Waals surface area contributed by atoms with E-state index in [0.29, 0.717) is 43.9 Å². The maximum atomic E-state index is 12.4. The highest BCUT2D eigenvalue weighted by Gasteiger charge is 2.84. The van der Waals surface area contributed by atoms with Crippen molar-refractivity contribution in [2.45, 2.75) is 155 Å². The Hall–Kier alpha value is -0.810. The summed E-state index contributed by atoms with van der Waals surface area (Å²) in [6.07, 6.45) is 6.87. The number of aliphatic hydroxyl groups is 3. The van der Waals surface area contributed by atoms with Gasteiger partial charge in [0.15, 0.2) is 6.29 Å². The van der Waals surface area contributed by atoms with Gasteiger partial charge in [-0.3, -0.25) is 9.69 Å². The Balaban J connectivity index is 1.02. The Morgan fingerprint density at radius 3 is 2.43 bits per heavy atom. The SMILES string of the molecule is C[C@@H]1CC([C@H](O)C(C)(C)O)OC2C1[C@@]1(C)CCC34C[C@@]35CC[C@H](OC3CN([C@H]6CCOC6=O)CCO3)C(C)(C)C5CC[C@H]4C1(C)[C@H]2O. The van der Waals surface area contributed by atoms with Gasteiger partial charge in [-0.25, -0.2) is 0 Å². The molecular weight excluding hydrogens is 598 g/mol. The molecule has 0 bridgehead atoms. The first-order valence-corrected chi connectivity index (χ1v) is 18.9. The van der Waals surface area contributed by atoms with Crippen LogP contribution >= 0.6 is 0 Å². The number of carbonyl (C=O) groups is 1. The second kappa shape index (κ2) is 10.6. The van der Waals surface area contributed by atoms with Gasteiger partial charge in [-0.15, -0.1) is 0 Å². The van der Waals surface area contributed by atoms with Gasteiger partial charge < -0.3 is 34.3 Å². The van der Waals surface area contributed by atoms with Crippen molar-refractivity contribution in [3.05, 3.63) is 0 Å². The second-order valence-electron chi connectivity index (χ2n) is 19.0. The van der Waals surface area contributed by atoms with Gasteiger partial charge in [0.25, 0.3) is 0 Å². The molecule has 3 saturated heterocycles. The Bertz CT molecular complexity index is 1270. The number of hydrogen-bond donors (Lipinski definition) is 3. The molecule has 0 amide bonds. The summed E-state index contributed by atoms with van der Waals surface area (Å²) >= 11 is 0. The van der Waals surface area contributed by atoms with Crippen molar-refractivity contribution in [3.63, 3.8) is 0 Å². The van der Waals surface area contributed by atoms with Crippen LogP contribution in [0.4, 0.5) is 0 Å². The normalized spacial score (nSPS) is 54.4. The van der Waals surface area contributed by atoms with Crippen LogP contribution in [0.15, 0.2) is 0 Å². The summed E-state index contributed by atoms with van der Waals surface area (Å²) in [6.45, 7) is 17.7. The molecule has 7 unspecified atom stereocenters. The van der Waals surface area contributed by atoms with Gasteiger partial charge in [-0.05, 0) is 111 Å². The van der Waals surface area contributed by atoms with Crippen molar-refractivity contribution in [2.75, 3.05) is 26.3 Å². The van der Waals surface area contributed by atoms with E-state index in [4.69, 9.17) is 18.9 Å². The summed E-state index contributed by atoms with van der Waals surface area (Å²) in [5.41, 5.74) is -1.04. The average molecular weight is 660 g/mol. The van der Waals surface area contributed by atoms with Gasteiger partial charge in [0.2, 0.25) is 0 Å². The number of hydrogen-bond acceptors (Lipinski definition) is 9. The van der Waals surface area contributed by atoms with Gasteiger partial charge >= 0.3 is 5.97 Å². The molecule has 0 aromatic carbocycles. The molecule has 266 valence electrons. The molecule has 47 heavy (non-hydrogen) atoms. The summed E-state index contributed by atoms with van der Waals surface area (Å²) in [6, 6.07) is -0.173. The molecule has 3 aliphatic heterocycles. The number of esters is 1. The van der Waals surface area contributed by atoms with Gasteiger partial charge in [0.05, 0.1) is 49.8 Å². The van der Waals surface area contributed by atoms with Crippen LogP contribution < -0.4 is 0 Å². The van der Waals surface area contributed by atoms with Crippen LogP contribution in [0.1, 0.15) is 106 Å². The number of aliphatic hydroxyl groups excluding tert-OH is 2.